The van der Waals surface area contributed by atoms with Crippen molar-refractivity contribution in [2.45, 2.75) is 32.3 Å². The summed E-state index contributed by atoms with van der Waals surface area (Å²) in [6.07, 6.45) is 0.437. The average Bonchev–Trinajstić information content (AvgIpc) is 2.10. The number of alkyl halides is 2. The average molecular weight is 150 g/mol. The van der Waals surface area contributed by atoms with Crippen LogP contribution in [0.15, 0.2) is 0 Å². The second-order valence-corrected chi connectivity index (χ2v) is 2.81. The van der Waals surface area contributed by atoms with Crippen molar-refractivity contribution in [3.63, 3.8) is 0 Å². The van der Waals surface area contributed by atoms with Crippen LogP contribution in [-0.2, 0) is 4.74 Å². The Morgan fingerprint density at radius 3 is 2.40 bits per heavy atom. The third kappa shape index (κ3) is 1.15. The first kappa shape index (κ1) is 7.92. The van der Waals surface area contributed by atoms with Crippen molar-refractivity contribution in [3.8, 4) is 0 Å². The van der Waals surface area contributed by atoms with Crippen molar-refractivity contribution >= 4 is 0 Å². The maximum atomic E-state index is 12.7. The monoisotopic (exact) mass is 150 g/mol. The van der Waals surface area contributed by atoms with E-state index >= 15 is 0 Å². The van der Waals surface area contributed by atoms with Gasteiger partial charge >= 0.3 is 0 Å². The second-order valence-electron chi connectivity index (χ2n) is 2.81. The lowest BCUT2D eigenvalue weighted by Gasteiger charge is -2.15. The minimum atomic E-state index is -2.60. The van der Waals surface area contributed by atoms with Crippen molar-refractivity contribution in [1.82, 2.24) is 0 Å². The fraction of sp³-hybridized carbons (Fsp3) is 1.00. The van der Waals surface area contributed by atoms with Crippen LogP contribution >= 0.6 is 0 Å². The Hall–Kier alpha value is -0.180. The zero-order valence-electron chi connectivity index (χ0n) is 6.23. The normalized spacial score (nSPS) is 38.4. The molecule has 0 aliphatic carbocycles. The van der Waals surface area contributed by atoms with Crippen LogP contribution in [-0.4, -0.2) is 18.6 Å². The molecule has 0 bridgehead atoms. The van der Waals surface area contributed by atoms with E-state index in [1.165, 1.54) is 0 Å². The van der Waals surface area contributed by atoms with Crippen LogP contribution in [0.5, 0.6) is 0 Å². The van der Waals surface area contributed by atoms with Gasteiger partial charge in [0.1, 0.15) is 6.61 Å². The summed E-state index contributed by atoms with van der Waals surface area (Å²) in [6, 6.07) is 0. The maximum absolute atomic E-state index is 12.7. The predicted molar refractivity (Wildman–Crippen MR) is 34.1 cm³/mol. The van der Waals surface area contributed by atoms with Crippen molar-refractivity contribution < 1.29 is 13.5 Å². The molecule has 0 saturated carbocycles. The summed E-state index contributed by atoms with van der Waals surface area (Å²) < 4.78 is 30.2. The van der Waals surface area contributed by atoms with E-state index in [2.05, 4.69) is 0 Å². The van der Waals surface area contributed by atoms with E-state index in [4.69, 9.17) is 4.74 Å². The van der Waals surface area contributed by atoms with Gasteiger partial charge in [-0.25, -0.2) is 8.78 Å². The van der Waals surface area contributed by atoms with Gasteiger partial charge in [0, 0.05) is 5.92 Å². The predicted octanol–water partition coefficient (Wildman–Crippen LogP) is 2.07. The molecule has 1 saturated heterocycles. The Morgan fingerprint density at radius 1 is 1.60 bits per heavy atom. The van der Waals surface area contributed by atoms with E-state index in [0.717, 1.165) is 0 Å². The van der Waals surface area contributed by atoms with Crippen LogP contribution < -0.4 is 0 Å². The van der Waals surface area contributed by atoms with Crippen LogP contribution in [0.3, 0.4) is 0 Å². The molecule has 1 rings (SSSR count). The topological polar surface area (TPSA) is 9.23 Å². The van der Waals surface area contributed by atoms with Gasteiger partial charge in [0.15, 0.2) is 0 Å². The summed E-state index contributed by atoms with van der Waals surface area (Å²) in [7, 11) is 0. The molecule has 10 heavy (non-hydrogen) atoms. The van der Waals surface area contributed by atoms with Crippen molar-refractivity contribution in [1.29, 1.82) is 0 Å². The highest BCUT2D eigenvalue weighted by Gasteiger charge is 2.47. The van der Waals surface area contributed by atoms with E-state index in [9.17, 15) is 8.78 Å². The first-order chi connectivity index (χ1) is 4.58. The summed E-state index contributed by atoms with van der Waals surface area (Å²) in [5, 5.41) is 0. The van der Waals surface area contributed by atoms with E-state index in [0.29, 0.717) is 6.42 Å². The SMILES string of the molecule is CC[C@H]1OCC(F)(F)[C@H]1C. The molecular formula is C7H12F2O. The lowest BCUT2D eigenvalue weighted by molar-refractivity contribution is -0.0319. The Labute approximate surface area is 59.4 Å². The van der Waals surface area contributed by atoms with Gasteiger partial charge in [-0.3, -0.25) is 0 Å². The third-order valence-corrected chi connectivity index (χ3v) is 2.12. The number of hydrogen-bond acceptors (Lipinski definition) is 1. The second kappa shape index (κ2) is 2.46. The number of rotatable bonds is 1. The van der Waals surface area contributed by atoms with Crippen LogP contribution in [0.2, 0.25) is 0 Å². The zero-order chi connectivity index (χ0) is 7.78. The summed E-state index contributed by atoms with van der Waals surface area (Å²) in [5.41, 5.74) is 0. The highest BCUT2D eigenvalue weighted by atomic mass is 19.3. The Balaban J connectivity index is 2.58. The molecule has 0 aromatic carbocycles. The van der Waals surface area contributed by atoms with Crippen molar-refractivity contribution in [2.75, 3.05) is 6.61 Å². The minimum Gasteiger partial charge on any atom is -0.371 e. The minimum absolute atomic E-state index is 0.241. The largest absolute Gasteiger partial charge is 0.371 e. The van der Waals surface area contributed by atoms with Gasteiger partial charge in [-0.2, -0.15) is 0 Å². The molecule has 1 aliphatic heterocycles. The smallest absolute Gasteiger partial charge is 0.275 e. The van der Waals surface area contributed by atoms with Crippen LogP contribution in [0.4, 0.5) is 8.78 Å². The van der Waals surface area contributed by atoms with Gasteiger partial charge in [0.25, 0.3) is 5.92 Å². The van der Waals surface area contributed by atoms with Gasteiger partial charge in [-0.15, -0.1) is 0 Å². The Morgan fingerprint density at radius 2 is 2.20 bits per heavy atom. The number of ether oxygens (including phenoxy) is 1. The summed E-state index contributed by atoms with van der Waals surface area (Å²) >= 11 is 0. The molecule has 0 spiro atoms. The van der Waals surface area contributed by atoms with E-state index in [-0.39, 0.29) is 6.10 Å². The molecule has 3 heteroatoms. The van der Waals surface area contributed by atoms with Gasteiger partial charge in [-0.05, 0) is 6.42 Å². The fourth-order valence-corrected chi connectivity index (χ4v) is 1.24. The number of halogens is 2. The summed E-state index contributed by atoms with van der Waals surface area (Å²) in [6.45, 7) is 3.01. The molecule has 0 aromatic rings. The van der Waals surface area contributed by atoms with Crippen molar-refractivity contribution in [3.05, 3.63) is 0 Å². The van der Waals surface area contributed by atoms with Gasteiger partial charge in [0.05, 0.1) is 6.10 Å². The van der Waals surface area contributed by atoms with E-state index in [1.54, 1.807) is 6.92 Å². The summed E-state index contributed by atoms with van der Waals surface area (Å²) in [5.74, 6) is -3.21. The highest BCUT2D eigenvalue weighted by Crippen LogP contribution is 2.36. The molecule has 0 aromatic heterocycles. The fourth-order valence-electron chi connectivity index (χ4n) is 1.24. The molecular weight excluding hydrogens is 138 g/mol. The maximum Gasteiger partial charge on any atom is 0.275 e. The third-order valence-electron chi connectivity index (χ3n) is 2.12. The zero-order valence-corrected chi connectivity index (χ0v) is 6.23. The quantitative estimate of drug-likeness (QED) is 0.556. The Kier molecular flexibility index (Phi) is 1.95. The molecule has 0 unspecified atom stereocenters. The molecule has 0 amide bonds. The number of hydrogen-bond donors (Lipinski definition) is 0. The first-order valence-corrected chi connectivity index (χ1v) is 3.57. The molecule has 1 nitrogen and oxygen atoms in total. The summed E-state index contributed by atoms with van der Waals surface area (Å²) in [4.78, 5) is 0. The van der Waals surface area contributed by atoms with Crippen LogP contribution in [0, 0.1) is 5.92 Å². The van der Waals surface area contributed by atoms with E-state index in [1.807, 2.05) is 6.92 Å². The van der Waals surface area contributed by atoms with Crippen molar-refractivity contribution in [2.24, 2.45) is 5.92 Å². The van der Waals surface area contributed by atoms with Gasteiger partial charge in [-0.1, -0.05) is 13.8 Å². The van der Waals surface area contributed by atoms with Gasteiger partial charge in [0.2, 0.25) is 0 Å². The lowest BCUT2D eigenvalue weighted by atomic mass is 9.99. The Bertz CT molecular complexity index is 125. The van der Waals surface area contributed by atoms with E-state index < -0.39 is 18.4 Å². The molecule has 1 fully saturated rings. The first-order valence-electron chi connectivity index (χ1n) is 3.57. The van der Waals surface area contributed by atoms with Gasteiger partial charge < -0.3 is 4.74 Å². The standard InChI is InChI=1S/C7H12F2O/c1-3-6-5(2)7(8,9)4-10-6/h5-6H,3-4H2,1-2H3/t5-,6+/m0/s1. The molecule has 2 atom stereocenters. The van der Waals surface area contributed by atoms with Crippen LogP contribution in [0.25, 0.3) is 0 Å². The molecule has 0 radical (unpaired) electrons. The molecule has 0 N–H and O–H groups in total. The molecule has 60 valence electrons. The highest BCUT2D eigenvalue weighted by molar-refractivity contribution is 4.85. The molecule has 1 aliphatic rings. The molecule has 1 heterocycles. The lowest BCUT2D eigenvalue weighted by Crippen LogP contribution is -2.26. The van der Waals surface area contributed by atoms with Crippen LogP contribution in [0.1, 0.15) is 20.3 Å².